The maximum atomic E-state index is 12.3. The van der Waals surface area contributed by atoms with Crippen LogP contribution in [-0.4, -0.2) is 59.6 Å². The lowest BCUT2D eigenvalue weighted by Crippen LogP contribution is -2.49. The first kappa shape index (κ1) is 16.9. The van der Waals surface area contributed by atoms with E-state index < -0.39 is 0 Å². The number of carbonyl (C=O) groups excluding carboxylic acids is 2. The zero-order valence-corrected chi connectivity index (χ0v) is 14.1. The van der Waals surface area contributed by atoms with E-state index >= 15 is 0 Å². The largest absolute Gasteiger partial charge is 0.459 e. The standard InChI is InChI=1S/C17H21N5O3/c1-2-7-18-16(23)13-5-6-15(20-19-13)21-8-10-22(11-9-21)17(24)14-4-3-12-25-14/h3-6,12H,2,7-11H2,1H3,(H,18,23). The third kappa shape index (κ3) is 3.96. The Bertz CT molecular complexity index is 706. The first-order valence-corrected chi connectivity index (χ1v) is 8.38. The van der Waals surface area contributed by atoms with Crippen LogP contribution in [0, 0.1) is 0 Å². The summed E-state index contributed by atoms with van der Waals surface area (Å²) in [6, 6.07) is 6.84. The minimum absolute atomic E-state index is 0.0984. The third-order valence-corrected chi connectivity index (χ3v) is 4.04. The predicted octanol–water partition coefficient (Wildman–Crippen LogP) is 1.17. The van der Waals surface area contributed by atoms with E-state index in [-0.39, 0.29) is 11.8 Å². The second-order valence-corrected chi connectivity index (χ2v) is 5.79. The van der Waals surface area contributed by atoms with Crippen molar-refractivity contribution in [2.75, 3.05) is 37.6 Å². The van der Waals surface area contributed by atoms with Crippen LogP contribution in [-0.2, 0) is 0 Å². The molecule has 0 bridgehead atoms. The van der Waals surface area contributed by atoms with Gasteiger partial charge >= 0.3 is 0 Å². The molecule has 132 valence electrons. The van der Waals surface area contributed by atoms with Gasteiger partial charge in [0.2, 0.25) is 0 Å². The minimum atomic E-state index is -0.213. The van der Waals surface area contributed by atoms with Crippen molar-refractivity contribution in [3.05, 3.63) is 42.0 Å². The zero-order chi connectivity index (χ0) is 17.6. The average Bonchev–Trinajstić information content (AvgIpc) is 3.20. The van der Waals surface area contributed by atoms with Crippen molar-refractivity contribution in [1.29, 1.82) is 0 Å². The van der Waals surface area contributed by atoms with Crippen LogP contribution in [0.15, 0.2) is 34.9 Å². The van der Waals surface area contributed by atoms with Crippen molar-refractivity contribution in [1.82, 2.24) is 20.4 Å². The van der Waals surface area contributed by atoms with Gasteiger partial charge in [0, 0.05) is 32.7 Å². The maximum Gasteiger partial charge on any atom is 0.289 e. The fourth-order valence-corrected chi connectivity index (χ4v) is 2.64. The number of rotatable bonds is 5. The number of aromatic nitrogens is 2. The molecule has 2 aromatic rings. The summed E-state index contributed by atoms with van der Waals surface area (Å²) >= 11 is 0. The van der Waals surface area contributed by atoms with Gasteiger partial charge in [0.05, 0.1) is 6.26 Å². The first-order valence-electron chi connectivity index (χ1n) is 8.38. The van der Waals surface area contributed by atoms with Gasteiger partial charge in [-0.1, -0.05) is 6.92 Å². The van der Waals surface area contributed by atoms with Crippen LogP contribution in [0.3, 0.4) is 0 Å². The quantitative estimate of drug-likeness (QED) is 0.876. The van der Waals surface area contributed by atoms with Crippen molar-refractivity contribution >= 4 is 17.6 Å². The molecule has 0 spiro atoms. The van der Waals surface area contributed by atoms with Gasteiger partial charge in [-0.05, 0) is 30.7 Å². The number of carbonyl (C=O) groups is 2. The Labute approximate surface area is 145 Å². The van der Waals surface area contributed by atoms with Gasteiger partial charge in [-0.2, -0.15) is 0 Å². The first-order chi connectivity index (χ1) is 12.2. The van der Waals surface area contributed by atoms with Crippen LogP contribution >= 0.6 is 0 Å². The Morgan fingerprint density at radius 3 is 2.56 bits per heavy atom. The van der Waals surface area contributed by atoms with Crippen LogP contribution in [0.25, 0.3) is 0 Å². The van der Waals surface area contributed by atoms with Crippen LogP contribution in [0.2, 0.25) is 0 Å². The number of anilines is 1. The fourth-order valence-electron chi connectivity index (χ4n) is 2.64. The van der Waals surface area contributed by atoms with E-state index in [0.29, 0.717) is 50.0 Å². The number of hydrogen-bond donors (Lipinski definition) is 1. The minimum Gasteiger partial charge on any atom is -0.459 e. The zero-order valence-electron chi connectivity index (χ0n) is 14.1. The molecule has 1 saturated heterocycles. The molecule has 0 aliphatic carbocycles. The third-order valence-electron chi connectivity index (χ3n) is 4.04. The molecule has 0 saturated carbocycles. The maximum absolute atomic E-state index is 12.3. The molecular weight excluding hydrogens is 322 g/mol. The van der Waals surface area contributed by atoms with E-state index in [1.54, 1.807) is 29.2 Å². The van der Waals surface area contributed by atoms with Crippen LogP contribution in [0.1, 0.15) is 34.4 Å². The Kier molecular flexibility index (Phi) is 5.27. The summed E-state index contributed by atoms with van der Waals surface area (Å²) in [6.07, 6.45) is 2.37. The molecular formula is C17H21N5O3. The molecule has 2 amide bonds. The van der Waals surface area contributed by atoms with E-state index in [2.05, 4.69) is 15.5 Å². The summed E-state index contributed by atoms with van der Waals surface area (Å²) in [6.45, 7) is 5.09. The summed E-state index contributed by atoms with van der Waals surface area (Å²) in [5.41, 5.74) is 0.309. The van der Waals surface area contributed by atoms with Crippen molar-refractivity contribution in [2.24, 2.45) is 0 Å². The molecule has 1 aliphatic rings. The Morgan fingerprint density at radius 1 is 1.16 bits per heavy atom. The molecule has 1 aliphatic heterocycles. The SMILES string of the molecule is CCCNC(=O)c1ccc(N2CCN(C(=O)c3ccco3)CC2)nn1. The molecule has 8 heteroatoms. The predicted molar refractivity (Wildman–Crippen MR) is 91.5 cm³/mol. The topological polar surface area (TPSA) is 91.6 Å². The van der Waals surface area contributed by atoms with Crippen molar-refractivity contribution < 1.29 is 14.0 Å². The van der Waals surface area contributed by atoms with E-state index in [9.17, 15) is 9.59 Å². The Morgan fingerprint density at radius 2 is 1.96 bits per heavy atom. The summed E-state index contributed by atoms with van der Waals surface area (Å²) in [5.74, 6) is 0.751. The number of piperazine rings is 1. The molecule has 2 aromatic heterocycles. The lowest BCUT2D eigenvalue weighted by atomic mass is 10.2. The number of furan rings is 1. The second kappa shape index (κ2) is 7.78. The van der Waals surface area contributed by atoms with Gasteiger partial charge in [-0.25, -0.2) is 0 Å². The highest BCUT2D eigenvalue weighted by Crippen LogP contribution is 2.15. The highest BCUT2D eigenvalue weighted by atomic mass is 16.3. The van der Waals surface area contributed by atoms with Gasteiger partial charge in [0.25, 0.3) is 11.8 Å². The van der Waals surface area contributed by atoms with E-state index in [1.807, 2.05) is 11.8 Å². The Hall–Kier alpha value is -2.90. The van der Waals surface area contributed by atoms with Crippen LogP contribution < -0.4 is 10.2 Å². The van der Waals surface area contributed by atoms with Crippen LogP contribution in [0.5, 0.6) is 0 Å². The number of hydrogen-bond acceptors (Lipinski definition) is 6. The van der Waals surface area contributed by atoms with Crippen molar-refractivity contribution in [3.8, 4) is 0 Å². The van der Waals surface area contributed by atoms with E-state index in [4.69, 9.17) is 4.42 Å². The molecule has 0 radical (unpaired) electrons. The highest BCUT2D eigenvalue weighted by Gasteiger charge is 2.24. The Balaban J connectivity index is 1.56. The monoisotopic (exact) mass is 343 g/mol. The smallest absolute Gasteiger partial charge is 0.289 e. The summed E-state index contributed by atoms with van der Waals surface area (Å²) in [5, 5.41) is 10.9. The van der Waals surface area contributed by atoms with Crippen molar-refractivity contribution in [3.63, 3.8) is 0 Å². The molecule has 1 fully saturated rings. The molecule has 3 heterocycles. The molecule has 3 rings (SSSR count). The van der Waals surface area contributed by atoms with Crippen molar-refractivity contribution in [2.45, 2.75) is 13.3 Å². The molecule has 0 aromatic carbocycles. The average molecular weight is 343 g/mol. The molecule has 1 N–H and O–H groups in total. The van der Waals surface area contributed by atoms with Crippen LogP contribution in [0.4, 0.5) is 5.82 Å². The number of amides is 2. The number of nitrogens with one attached hydrogen (secondary N) is 1. The molecule has 25 heavy (non-hydrogen) atoms. The van der Waals surface area contributed by atoms with E-state index in [1.165, 1.54) is 6.26 Å². The summed E-state index contributed by atoms with van der Waals surface area (Å²) in [4.78, 5) is 27.9. The second-order valence-electron chi connectivity index (χ2n) is 5.79. The van der Waals surface area contributed by atoms with Gasteiger partial charge < -0.3 is 19.5 Å². The van der Waals surface area contributed by atoms with Gasteiger partial charge in [0.1, 0.15) is 0 Å². The molecule has 0 atom stereocenters. The van der Waals surface area contributed by atoms with Gasteiger partial charge in [0.15, 0.2) is 17.3 Å². The highest BCUT2D eigenvalue weighted by molar-refractivity contribution is 5.92. The lowest BCUT2D eigenvalue weighted by molar-refractivity contribution is 0.0714. The summed E-state index contributed by atoms with van der Waals surface area (Å²) < 4.78 is 5.16. The van der Waals surface area contributed by atoms with E-state index in [0.717, 1.165) is 6.42 Å². The molecule has 8 nitrogen and oxygen atoms in total. The normalized spacial score (nSPS) is 14.4. The fraction of sp³-hybridized carbons (Fsp3) is 0.412. The lowest BCUT2D eigenvalue weighted by Gasteiger charge is -2.34. The van der Waals surface area contributed by atoms with Gasteiger partial charge in [-0.3, -0.25) is 9.59 Å². The summed E-state index contributed by atoms with van der Waals surface area (Å²) in [7, 11) is 0. The molecule has 0 unspecified atom stereocenters. The van der Waals surface area contributed by atoms with Gasteiger partial charge in [-0.15, -0.1) is 10.2 Å². The number of nitrogens with zero attached hydrogens (tertiary/aromatic N) is 4.